The van der Waals surface area contributed by atoms with E-state index in [0.717, 1.165) is 87.9 Å². The minimum absolute atomic E-state index is 0.212. The lowest BCUT2D eigenvalue weighted by molar-refractivity contribution is -0.144. The summed E-state index contributed by atoms with van der Waals surface area (Å²) < 4.78 is 4.41. The molecule has 0 unspecified atom stereocenters. The van der Waals surface area contributed by atoms with Crippen LogP contribution in [0.5, 0.6) is 0 Å². The maximum absolute atomic E-state index is 13.0. The van der Waals surface area contributed by atoms with Crippen molar-refractivity contribution in [3.05, 3.63) is 33.9 Å². The highest BCUT2D eigenvalue weighted by Crippen LogP contribution is 2.35. The molecule has 12 heteroatoms. The fourth-order valence-electron chi connectivity index (χ4n) is 11.3. The van der Waals surface area contributed by atoms with Gasteiger partial charge in [-0.05, 0) is 139 Å². The normalized spacial score (nSPS) is 25.6. The molecule has 0 atom stereocenters. The van der Waals surface area contributed by atoms with E-state index in [1.54, 1.807) is 0 Å². The molecule has 4 fully saturated rings. The number of fused-ring (bicyclic) bond motifs is 2. The van der Waals surface area contributed by atoms with Crippen LogP contribution in [0.15, 0.2) is 0 Å². The van der Waals surface area contributed by atoms with Gasteiger partial charge in [0, 0.05) is 39.0 Å². The maximum Gasteiger partial charge on any atom is 0.306 e. The number of aryl methyl sites for hydroxylation is 2. The Morgan fingerprint density at radius 3 is 1.22 bits per heavy atom. The van der Waals surface area contributed by atoms with Gasteiger partial charge in [0.2, 0.25) is 11.8 Å². The smallest absolute Gasteiger partial charge is 0.306 e. The highest BCUT2D eigenvalue weighted by molar-refractivity contribution is 5.77. The predicted molar refractivity (Wildman–Crippen MR) is 221 cm³/mol. The van der Waals surface area contributed by atoms with Crippen LogP contribution in [0.3, 0.4) is 0 Å². The van der Waals surface area contributed by atoms with Gasteiger partial charge in [-0.25, -0.2) is 0 Å². The molecule has 0 saturated heterocycles. The van der Waals surface area contributed by atoms with Gasteiger partial charge in [-0.2, -0.15) is 10.2 Å². The SMILES string of the molecule is Cc1nn(CC2CCCCC2)c2c1CCN(C(=O)CC1CCC(C(=O)O)CC1)C2.Cc1nn(CC2CCCCC2)c2c1CCN(C(=O)CC1CCC(C(=O)O)CC1)C2. The standard InChI is InChI=1S/2C23H35N3O3/c2*1-16-20-11-12-25(22(27)13-17-7-9-19(10-8-17)23(28)29)15-21(20)26(24-16)14-18-5-3-2-4-6-18/h2*17-19H,2-15H2,1H3,(H,28,29). The van der Waals surface area contributed by atoms with Crippen molar-refractivity contribution in [1.82, 2.24) is 29.4 Å². The summed E-state index contributed by atoms with van der Waals surface area (Å²) in [6.45, 7) is 9.15. The second-order valence-corrected chi connectivity index (χ2v) is 19.0. The number of nitrogens with zero attached hydrogens (tertiary/aromatic N) is 6. The third-order valence-electron chi connectivity index (χ3n) is 15.0. The van der Waals surface area contributed by atoms with Crippen molar-refractivity contribution in [2.45, 2.75) is 181 Å². The van der Waals surface area contributed by atoms with Gasteiger partial charge in [-0.3, -0.25) is 28.5 Å². The molecule has 0 spiro atoms. The lowest BCUT2D eigenvalue weighted by Gasteiger charge is -2.32. The quantitative estimate of drug-likeness (QED) is 0.246. The molecule has 2 aliphatic heterocycles. The monoisotopic (exact) mass is 803 g/mol. The summed E-state index contributed by atoms with van der Waals surface area (Å²) in [4.78, 5) is 52.3. The highest BCUT2D eigenvalue weighted by Gasteiger charge is 2.33. The largest absolute Gasteiger partial charge is 0.481 e. The summed E-state index contributed by atoms with van der Waals surface area (Å²) in [5.74, 6) is 0.814. The van der Waals surface area contributed by atoms with Crippen LogP contribution in [-0.2, 0) is 58.2 Å². The number of amides is 2. The lowest BCUT2D eigenvalue weighted by Crippen LogP contribution is -2.38. The van der Waals surface area contributed by atoms with Gasteiger partial charge >= 0.3 is 11.9 Å². The molecule has 12 nitrogen and oxygen atoms in total. The van der Waals surface area contributed by atoms with E-state index in [9.17, 15) is 19.2 Å². The number of hydrogen-bond donors (Lipinski definition) is 2. The molecule has 320 valence electrons. The first kappa shape index (κ1) is 42.4. The summed E-state index contributed by atoms with van der Waals surface area (Å²) in [7, 11) is 0. The molecule has 0 bridgehead atoms. The van der Waals surface area contributed by atoms with Crippen LogP contribution in [0.1, 0.15) is 162 Å². The number of aromatic nitrogens is 4. The van der Waals surface area contributed by atoms with Gasteiger partial charge in [0.1, 0.15) is 0 Å². The molecule has 58 heavy (non-hydrogen) atoms. The van der Waals surface area contributed by atoms with Gasteiger partial charge in [0.25, 0.3) is 0 Å². The second-order valence-electron chi connectivity index (χ2n) is 19.0. The Labute approximate surface area is 345 Å². The zero-order valence-electron chi connectivity index (χ0n) is 35.5. The lowest BCUT2D eigenvalue weighted by atomic mass is 9.80. The van der Waals surface area contributed by atoms with Crippen molar-refractivity contribution >= 4 is 23.8 Å². The van der Waals surface area contributed by atoms with Gasteiger partial charge in [0.05, 0.1) is 47.7 Å². The molecule has 4 aliphatic carbocycles. The van der Waals surface area contributed by atoms with Crippen molar-refractivity contribution in [2.24, 2.45) is 35.5 Å². The third kappa shape index (κ3) is 10.5. The molecule has 4 heterocycles. The van der Waals surface area contributed by atoms with Crippen molar-refractivity contribution in [3.8, 4) is 0 Å². The number of carboxylic acid groups (broad SMARTS) is 2. The Balaban J connectivity index is 0.000000177. The summed E-state index contributed by atoms with van der Waals surface area (Å²) in [6, 6.07) is 0. The Hall–Kier alpha value is -3.70. The molecule has 8 rings (SSSR count). The fourth-order valence-corrected chi connectivity index (χ4v) is 11.3. The first-order valence-corrected chi connectivity index (χ1v) is 23.1. The molecular weight excluding hydrogens is 733 g/mol. The molecule has 0 radical (unpaired) electrons. The number of hydrogen-bond acceptors (Lipinski definition) is 6. The summed E-state index contributed by atoms with van der Waals surface area (Å²) in [5, 5.41) is 28.0. The maximum atomic E-state index is 13.0. The van der Waals surface area contributed by atoms with Crippen LogP contribution in [0.2, 0.25) is 0 Å². The van der Waals surface area contributed by atoms with Crippen molar-refractivity contribution in [3.63, 3.8) is 0 Å². The molecule has 6 aliphatic rings. The van der Waals surface area contributed by atoms with Crippen LogP contribution >= 0.6 is 0 Å². The number of carboxylic acids is 2. The van der Waals surface area contributed by atoms with E-state index in [1.807, 2.05) is 9.80 Å². The number of rotatable bonds is 10. The number of aliphatic carboxylic acids is 2. The van der Waals surface area contributed by atoms with Gasteiger partial charge in [-0.1, -0.05) is 38.5 Å². The Morgan fingerprint density at radius 1 is 0.517 bits per heavy atom. The third-order valence-corrected chi connectivity index (χ3v) is 15.0. The summed E-state index contributed by atoms with van der Waals surface area (Å²) in [5.41, 5.74) is 7.48. The van der Waals surface area contributed by atoms with Crippen LogP contribution in [0.4, 0.5) is 0 Å². The molecule has 2 aromatic rings. The van der Waals surface area contributed by atoms with Crippen molar-refractivity contribution in [2.75, 3.05) is 13.1 Å². The minimum atomic E-state index is -0.681. The zero-order chi connectivity index (χ0) is 40.8. The van der Waals surface area contributed by atoms with Crippen LogP contribution in [0, 0.1) is 49.4 Å². The van der Waals surface area contributed by atoms with E-state index in [4.69, 9.17) is 20.4 Å². The van der Waals surface area contributed by atoms with E-state index in [0.29, 0.717) is 63.5 Å². The van der Waals surface area contributed by atoms with Crippen molar-refractivity contribution < 1.29 is 29.4 Å². The predicted octanol–water partition coefficient (Wildman–Crippen LogP) is 7.88. The molecule has 4 saturated carbocycles. The average Bonchev–Trinajstić information content (AvgIpc) is 3.72. The summed E-state index contributed by atoms with van der Waals surface area (Å²) >= 11 is 0. The van der Waals surface area contributed by atoms with E-state index < -0.39 is 11.9 Å². The second kappa shape index (κ2) is 19.6. The number of carbonyl (C=O) groups excluding carboxylic acids is 2. The molecular formula is C46H70N6O6. The van der Waals surface area contributed by atoms with Crippen LogP contribution in [0.25, 0.3) is 0 Å². The average molecular weight is 803 g/mol. The zero-order valence-corrected chi connectivity index (χ0v) is 35.5. The Morgan fingerprint density at radius 2 is 0.879 bits per heavy atom. The number of carbonyl (C=O) groups is 4. The van der Waals surface area contributed by atoms with Crippen molar-refractivity contribution in [1.29, 1.82) is 0 Å². The fraction of sp³-hybridized carbons (Fsp3) is 0.783. The summed E-state index contributed by atoms with van der Waals surface area (Å²) in [6.07, 6.45) is 22.5. The molecule has 2 aromatic heterocycles. The van der Waals surface area contributed by atoms with E-state index in [2.05, 4.69) is 23.2 Å². The topological polar surface area (TPSA) is 151 Å². The first-order valence-electron chi connectivity index (χ1n) is 23.1. The molecule has 2 amide bonds. The molecule has 0 aromatic carbocycles. The van der Waals surface area contributed by atoms with Gasteiger partial charge in [0.15, 0.2) is 0 Å². The highest BCUT2D eigenvalue weighted by atomic mass is 16.4. The van der Waals surface area contributed by atoms with Gasteiger partial charge < -0.3 is 20.0 Å². The van der Waals surface area contributed by atoms with E-state index in [-0.39, 0.29) is 23.7 Å². The Kier molecular flexibility index (Phi) is 14.3. The van der Waals surface area contributed by atoms with Crippen LogP contribution in [-0.4, -0.2) is 76.4 Å². The molecule has 2 N–H and O–H groups in total. The Bertz CT molecular complexity index is 1610. The van der Waals surface area contributed by atoms with Gasteiger partial charge in [-0.15, -0.1) is 0 Å². The van der Waals surface area contributed by atoms with E-state index in [1.165, 1.54) is 86.7 Å². The van der Waals surface area contributed by atoms with Crippen LogP contribution < -0.4 is 0 Å². The minimum Gasteiger partial charge on any atom is -0.481 e. The first-order chi connectivity index (χ1) is 28.0. The van der Waals surface area contributed by atoms with E-state index >= 15 is 0 Å².